The maximum Gasteiger partial charge on any atom is 0.159 e. The fourth-order valence-electron chi connectivity index (χ4n) is 1.12. The van der Waals surface area contributed by atoms with E-state index in [0.29, 0.717) is 10.3 Å². The smallest absolute Gasteiger partial charge is 0.159 e. The first-order valence-electron chi connectivity index (χ1n) is 4.00. The number of nitrogens with zero attached hydrogens (tertiary/aromatic N) is 2. The molecule has 0 unspecified atom stereocenters. The Morgan fingerprint density at radius 3 is 2.71 bits per heavy atom. The van der Waals surface area contributed by atoms with Gasteiger partial charge < -0.3 is 4.98 Å². The molecular formula is C9H7BrFN3. The summed E-state index contributed by atoms with van der Waals surface area (Å²) < 4.78 is 14.0. The molecule has 0 amide bonds. The molecule has 0 spiro atoms. The lowest BCUT2D eigenvalue weighted by atomic mass is 10.3. The summed E-state index contributed by atoms with van der Waals surface area (Å²) in [6.45, 7) is 1.85. The Bertz CT molecular complexity index is 467. The summed E-state index contributed by atoms with van der Waals surface area (Å²) >= 11 is 3.14. The van der Waals surface area contributed by atoms with Gasteiger partial charge in [-0.25, -0.2) is 14.4 Å². The number of aryl methyl sites for hydroxylation is 1. The summed E-state index contributed by atoms with van der Waals surface area (Å²) in [5.74, 6) is 0.0567. The Labute approximate surface area is 88.5 Å². The van der Waals surface area contributed by atoms with E-state index in [-0.39, 0.29) is 5.69 Å². The second-order valence-corrected chi connectivity index (χ2v) is 3.81. The van der Waals surface area contributed by atoms with Crippen molar-refractivity contribution in [3.05, 3.63) is 34.4 Å². The Morgan fingerprint density at radius 1 is 1.36 bits per heavy atom. The van der Waals surface area contributed by atoms with Gasteiger partial charge in [-0.3, -0.25) is 0 Å². The van der Waals surface area contributed by atoms with Crippen molar-refractivity contribution in [2.24, 2.45) is 0 Å². The minimum Gasteiger partial charge on any atom is -0.341 e. The number of H-pyrrole nitrogens is 1. The number of pyridine rings is 1. The van der Waals surface area contributed by atoms with Crippen LogP contribution in [0.15, 0.2) is 22.9 Å². The van der Waals surface area contributed by atoms with E-state index in [1.54, 1.807) is 6.20 Å². The average molecular weight is 256 g/mol. The highest BCUT2D eigenvalue weighted by Gasteiger charge is 2.09. The molecule has 0 aliphatic carbocycles. The lowest BCUT2D eigenvalue weighted by Gasteiger charge is -1.98. The van der Waals surface area contributed by atoms with Crippen molar-refractivity contribution in [2.75, 3.05) is 0 Å². The molecule has 2 aromatic heterocycles. The van der Waals surface area contributed by atoms with E-state index in [1.165, 1.54) is 12.3 Å². The molecule has 3 nitrogen and oxygen atoms in total. The number of hydrogen-bond donors (Lipinski definition) is 1. The molecule has 0 saturated heterocycles. The van der Waals surface area contributed by atoms with E-state index in [9.17, 15) is 4.39 Å². The molecule has 0 bridgehead atoms. The van der Waals surface area contributed by atoms with Crippen LogP contribution in [0.5, 0.6) is 0 Å². The third-order valence-corrected chi connectivity index (χ3v) is 2.17. The van der Waals surface area contributed by atoms with E-state index in [2.05, 4.69) is 30.9 Å². The first-order valence-corrected chi connectivity index (χ1v) is 4.79. The molecule has 0 radical (unpaired) electrons. The molecule has 1 N–H and O–H groups in total. The number of halogens is 2. The summed E-state index contributed by atoms with van der Waals surface area (Å²) in [6, 6.07) is 1.36. The number of hydrogen-bond acceptors (Lipinski definition) is 2. The Kier molecular flexibility index (Phi) is 2.33. The lowest BCUT2D eigenvalue weighted by Crippen LogP contribution is -1.90. The summed E-state index contributed by atoms with van der Waals surface area (Å²) in [4.78, 5) is 10.9. The van der Waals surface area contributed by atoms with Gasteiger partial charge in [-0.1, -0.05) is 0 Å². The minimum atomic E-state index is -0.395. The number of imidazole rings is 1. The molecule has 2 rings (SSSR count). The van der Waals surface area contributed by atoms with Crippen LogP contribution in [0.4, 0.5) is 4.39 Å². The fourth-order valence-corrected chi connectivity index (χ4v) is 1.43. The van der Waals surface area contributed by atoms with E-state index in [4.69, 9.17) is 0 Å². The maximum absolute atomic E-state index is 13.4. The predicted octanol–water partition coefficient (Wildman–Crippen LogP) is 2.68. The van der Waals surface area contributed by atoms with Gasteiger partial charge in [0.15, 0.2) is 11.6 Å². The molecule has 0 atom stereocenters. The van der Waals surface area contributed by atoms with Crippen molar-refractivity contribution in [3.63, 3.8) is 0 Å². The molecule has 0 aliphatic heterocycles. The standard InChI is InChI=1S/C9H7BrFN3/c1-5-3-13-9(14-5)8-7(11)2-6(10)4-12-8/h2-4H,1H3,(H,13,14). The molecule has 14 heavy (non-hydrogen) atoms. The van der Waals surface area contributed by atoms with E-state index < -0.39 is 5.82 Å². The second-order valence-electron chi connectivity index (χ2n) is 2.90. The summed E-state index contributed by atoms with van der Waals surface area (Å²) in [5.41, 5.74) is 1.12. The number of aromatic amines is 1. The molecule has 2 aromatic rings. The summed E-state index contributed by atoms with van der Waals surface area (Å²) in [5, 5.41) is 0. The Balaban J connectivity index is 2.52. The van der Waals surface area contributed by atoms with Crippen LogP contribution in [-0.2, 0) is 0 Å². The van der Waals surface area contributed by atoms with Gasteiger partial charge >= 0.3 is 0 Å². The largest absolute Gasteiger partial charge is 0.341 e. The zero-order chi connectivity index (χ0) is 10.1. The van der Waals surface area contributed by atoms with Crippen LogP contribution in [-0.4, -0.2) is 15.0 Å². The monoisotopic (exact) mass is 255 g/mol. The predicted molar refractivity (Wildman–Crippen MR) is 54.2 cm³/mol. The first kappa shape index (κ1) is 9.33. The highest BCUT2D eigenvalue weighted by molar-refractivity contribution is 9.10. The van der Waals surface area contributed by atoms with Crippen molar-refractivity contribution < 1.29 is 4.39 Å². The van der Waals surface area contributed by atoms with Crippen LogP contribution in [0.2, 0.25) is 0 Å². The van der Waals surface area contributed by atoms with Crippen LogP contribution in [0.1, 0.15) is 5.69 Å². The van der Waals surface area contributed by atoms with Crippen molar-refractivity contribution in [1.82, 2.24) is 15.0 Å². The normalized spacial score (nSPS) is 10.5. The van der Waals surface area contributed by atoms with E-state index in [1.807, 2.05) is 6.92 Å². The molecule has 2 heterocycles. The van der Waals surface area contributed by atoms with E-state index in [0.717, 1.165) is 5.69 Å². The highest BCUT2D eigenvalue weighted by Crippen LogP contribution is 2.19. The van der Waals surface area contributed by atoms with Gasteiger partial charge in [0.1, 0.15) is 5.69 Å². The lowest BCUT2D eigenvalue weighted by molar-refractivity contribution is 0.623. The fraction of sp³-hybridized carbons (Fsp3) is 0.111. The third-order valence-electron chi connectivity index (χ3n) is 1.73. The van der Waals surface area contributed by atoms with Crippen LogP contribution < -0.4 is 0 Å². The molecular weight excluding hydrogens is 249 g/mol. The van der Waals surface area contributed by atoms with Crippen LogP contribution in [0.3, 0.4) is 0 Å². The third kappa shape index (κ3) is 1.68. The second kappa shape index (κ2) is 3.49. The van der Waals surface area contributed by atoms with Crippen molar-refractivity contribution >= 4 is 15.9 Å². The SMILES string of the molecule is Cc1cnc(-c2ncc(Br)cc2F)[nH]1. The van der Waals surface area contributed by atoms with Gasteiger partial charge in [-0.05, 0) is 28.9 Å². The highest BCUT2D eigenvalue weighted by atomic mass is 79.9. The average Bonchev–Trinajstić information content (AvgIpc) is 2.51. The zero-order valence-electron chi connectivity index (χ0n) is 7.38. The van der Waals surface area contributed by atoms with Gasteiger partial charge in [0.2, 0.25) is 0 Å². The maximum atomic E-state index is 13.4. The number of aromatic nitrogens is 3. The number of nitrogens with one attached hydrogen (secondary N) is 1. The summed E-state index contributed by atoms with van der Waals surface area (Å²) in [6.07, 6.45) is 3.18. The Morgan fingerprint density at radius 2 is 2.14 bits per heavy atom. The van der Waals surface area contributed by atoms with Crippen LogP contribution in [0.25, 0.3) is 11.5 Å². The molecule has 0 aromatic carbocycles. The molecule has 0 saturated carbocycles. The van der Waals surface area contributed by atoms with Crippen LogP contribution in [0, 0.1) is 12.7 Å². The number of rotatable bonds is 1. The molecule has 0 aliphatic rings. The van der Waals surface area contributed by atoms with Gasteiger partial charge in [-0.2, -0.15) is 0 Å². The van der Waals surface area contributed by atoms with Crippen molar-refractivity contribution in [3.8, 4) is 11.5 Å². The topological polar surface area (TPSA) is 41.6 Å². The van der Waals surface area contributed by atoms with Gasteiger partial charge in [0.05, 0.1) is 0 Å². The van der Waals surface area contributed by atoms with Gasteiger partial charge in [0, 0.05) is 22.6 Å². The van der Waals surface area contributed by atoms with Crippen molar-refractivity contribution in [2.45, 2.75) is 6.92 Å². The Hall–Kier alpha value is -1.23. The van der Waals surface area contributed by atoms with Gasteiger partial charge in [0.25, 0.3) is 0 Å². The molecule has 0 fully saturated rings. The zero-order valence-corrected chi connectivity index (χ0v) is 8.97. The van der Waals surface area contributed by atoms with Gasteiger partial charge in [-0.15, -0.1) is 0 Å². The summed E-state index contributed by atoms with van der Waals surface area (Å²) in [7, 11) is 0. The minimum absolute atomic E-state index is 0.237. The molecule has 72 valence electrons. The molecule has 5 heteroatoms. The van der Waals surface area contributed by atoms with E-state index >= 15 is 0 Å². The van der Waals surface area contributed by atoms with Crippen LogP contribution >= 0.6 is 15.9 Å². The first-order chi connectivity index (χ1) is 6.66. The quantitative estimate of drug-likeness (QED) is 0.852. The van der Waals surface area contributed by atoms with Crippen molar-refractivity contribution in [1.29, 1.82) is 0 Å².